The summed E-state index contributed by atoms with van der Waals surface area (Å²) in [6.45, 7) is 7.21. The van der Waals surface area contributed by atoms with Gasteiger partial charge < -0.3 is 9.88 Å². The summed E-state index contributed by atoms with van der Waals surface area (Å²) < 4.78 is 2.18. The summed E-state index contributed by atoms with van der Waals surface area (Å²) in [5, 5.41) is 12.7. The first-order chi connectivity index (χ1) is 11.1. The Kier molecular flexibility index (Phi) is 5.29. The Morgan fingerprint density at radius 3 is 2.70 bits per heavy atom. The van der Waals surface area contributed by atoms with E-state index in [1.807, 2.05) is 6.92 Å². The highest BCUT2D eigenvalue weighted by molar-refractivity contribution is 8.00. The van der Waals surface area contributed by atoms with Crippen LogP contribution in [-0.4, -0.2) is 32.0 Å². The number of rotatable bonds is 6. The second-order valence-electron chi connectivity index (χ2n) is 7.00. The van der Waals surface area contributed by atoms with E-state index in [0.29, 0.717) is 17.9 Å². The summed E-state index contributed by atoms with van der Waals surface area (Å²) in [5.41, 5.74) is 0. The fourth-order valence-corrected chi connectivity index (χ4v) is 4.30. The van der Waals surface area contributed by atoms with E-state index >= 15 is 0 Å². The summed E-state index contributed by atoms with van der Waals surface area (Å²) >= 11 is 1.54. The molecule has 1 aromatic rings. The van der Waals surface area contributed by atoms with Gasteiger partial charge in [-0.15, -0.1) is 10.2 Å². The molecule has 2 aliphatic carbocycles. The molecule has 128 valence electrons. The molecule has 0 bridgehead atoms. The predicted molar refractivity (Wildman–Crippen MR) is 92.6 cm³/mol. The molecular formula is C17H28N4OS. The third-order valence-corrected chi connectivity index (χ3v) is 6.18. The molecular weight excluding hydrogens is 308 g/mol. The summed E-state index contributed by atoms with van der Waals surface area (Å²) in [4.78, 5) is 12.5. The van der Waals surface area contributed by atoms with E-state index in [4.69, 9.17) is 0 Å². The maximum absolute atomic E-state index is 12.5. The minimum Gasteiger partial charge on any atom is -0.352 e. The Labute approximate surface area is 143 Å². The molecule has 5 nitrogen and oxygen atoms in total. The van der Waals surface area contributed by atoms with Gasteiger partial charge in [0.05, 0.1) is 5.25 Å². The maximum Gasteiger partial charge on any atom is 0.233 e. The zero-order valence-corrected chi connectivity index (χ0v) is 15.2. The first-order valence-electron chi connectivity index (χ1n) is 9.00. The van der Waals surface area contributed by atoms with Crippen molar-refractivity contribution in [1.29, 1.82) is 0 Å². The fraction of sp³-hybridized carbons (Fsp3) is 0.824. The molecule has 1 aromatic heterocycles. The van der Waals surface area contributed by atoms with Crippen molar-refractivity contribution in [2.45, 2.75) is 88.2 Å². The van der Waals surface area contributed by atoms with E-state index in [9.17, 15) is 4.79 Å². The SMILES string of the molecule is CCn1c(S[C@H](C)C(=O)N[C@H]2CCCC[C@@H]2C)nnc1C1CC1. The van der Waals surface area contributed by atoms with Crippen LogP contribution in [0.2, 0.25) is 0 Å². The third-order valence-electron chi connectivity index (χ3n) is 5.09. The molecule has 1 N–H and O–H groups in total. The molecule has 0 aliphatic heterocycles. The van der Waals surface area contributed by atoms with Gasteiger partial charge in [-0.3, -0.25) is 4.79 Å². The predicted octanol–water partition coefficient (Wildman–Crippen LogP) is 3.35. The van der Waals surface area contributed by atoms with E-state index in [2.05, 4.69) is 33.9 Å². The fourth-order valence-electron chi connectivity index (χ4n) is 3.37. The van der Waals surface area contributed by atoms with Crippen LogP contribution in [-0.2, 0) is 11.3 Å². The Balaban J connectivity index is 1.59. The Bertz CT molecular complexity index is 555. The van der Waals surface area contributed by atoms with Crippen molar-refractivity contribution >= 4 is 17.7 Å². The molecule has 0 saturated heterocycles. The average Bonchev–Trinajstić information content (AvgIpc) is 3.31. The summed E-state index contributed by atoms with van der Waals surface area (Å²) in [6, 6.07) is 0.338. The van der Waals surface area contributed by atoms with Gasteiger partial charge in [0, 0.05) is 18.5 Å². The zero-order valence-electron chi connectivity index (χ0n) is 14.4. The van der Waals surface area contributed by atoms with E-state index < -0.39 is 0 Å². The molecule has 2 saturated carbocycles. The lowest BCUT2D eigenvalue weighted by atomic mass is 9.86. The van der Waals surface area contributed by atoms with Gasteiger partial charge in [0.25, 0.3) is 0 Å². The van der Waals surface area contributed by atoms with Crippen molar-refractivity contribution in [2.24, 2.45) is 5.92 Å². The summed E-state index contributed by atoms with van der Waals surface area (Å²) in [5.74, 6) is 2.41. The van der Waals surface area contributed by atoms with Gasteiger partial charge >= 0.3 is 0 Å². The topological polar surface area (TPSA) is 59.8 Å². The van der Waals surface area contributed by atoms with Crippen LogP contribution in [0.15, 0.2) is 5.16 Å². The van der Waals surface area contributed by atoms with Crippen LogP contribution in [0, 0.1) is 5.92 Å². The van der Waals surface area contributed by atoms with Gasteiger partial charge in [-0.2, -0.15) is 0 Å². The third kappa shape index (κ3) is 3.90. The van der Waals surface area contributed by atoms with E-state index in [-0.39, 0.29) is 11.2 Å². The number of carbonyl (C=O) groups excluding carboxylic acids is 1. The lowest BCUT2D eigenvalue weighted by Gasteiger charge is -2.30. The van der Waals surface area contributed by atoms with E-state index in [1.54, 1.807) is 0 Å². The number of hydrogen-bond donors (Lipinski definition) is 1. The molecule has 1 heterocycles. The van der Waals surface area contributed by atoms with Crippen molar-refractivity contribution in [3.05, 3.63) is 5.82 Å². The molecule has 0 unspecified atom stereocenters. The van der Waals surface area contributed by atoms with Crippen molar-refractivity contribution in [3.8, 4) is 0 Å². The second kappa shape index (κ2) is 7.24. The number of aromatic nitrogens is 3. The van der Waals surface area contributed by atoms with Gasteiger partial charge in [-0.25, -0.2) is 0 Å². The Morgan fingerprint density at radius 2 is 2.04 bits per heavy atom. The van der Waals surface area contributed by atoms with Crippen LogP contribution < -0.4 is 5.32 Å². The molecule has 2 aliphatic rings. The second-order valence-corrected chi connectivity index (χ2v) is 8.30. The molecule has 2 fully saturated rings. The monoisotopic (exact) mass is 336 g/mol. The van der Waals surface area contributed by atoms with Crippen molar-refractivity contribution < 1.29 is 4.79 Å². The van der Waals surface area contributed by atoms with Crippen LogP contribution in [0.4, 0.5) is 0 Å². The number of nitrogens with zero attached hydrogens (tertiary/aromatic N) is 3. The molecule has 0 aromatic carbocycles. The van der Waals surface area contributed by atoms with Crippen LogP contribution in [0.1, 0.15) is 71.0 Å². The summed E-state index contributed by atoms with van der Waals surface area (Å²) in [7, 11) is 0. The lowest BCUT2D eigenvalue weighted by molar-refractivity contribution is -0.121. The molecule has 6 heteroatoms. The van der Waals surface area contributed by atoms with Crippen LogP contribution in [0.3, 0.4) is 0 Å². The average molecular weight is 337 g/mol. The van der Waals surface area contributed by atoms with Gasteiger partial charge in [-0.05, 0) is 45.4 Å². The Hall–Kier alpha value is -1.04. The van der Waals surface area contributed by atoms with E-state index in [1.165, 1.54) is 43.9 Å². The quantitative estimate of drug-likeness (QED) is 0.809. The highest BCUT2D eigenvalue weighted by atomic mass is 32.2. The number of carbonyl (C=O) groups is 1. The highest BCUT2D eigenvalue weighted by Crippen LogP contribution is 2.40. The summed E-state index contributed by atoms with van der Waals surface area (Å²) in [6.07, 6.45) is 7.30. The molecule has 3 rings (SSSR count). The van der Waals surface area contributed by atoms with Crippen LogP contribution in [0.5, 0.6) is 0 Å². The van der Waals surface area contributed by atoms with E-state index in [0.717, 1.165) is 23.9 Å². The highest BCUT2D eigenvalue weighted by Gasteiger charge is 2.31. The number of nitrogens with one attached hydrogen (secondary N) is 1. The molecule has 23 heavy (non-hydrogen) atoms. The number of amides is 1. The number of hydrogen-bond acceptors (Lipinski definition) is 4. The first kappa shape index (κ1) is 16.8. The van der Waals surface area contributed by atoms with Crippen LogP contribution >= 0.6 is 11.8 Å². The minimum absolute atomic E-state index is 0.132. The Morgan fingerprint density at radius 1 is 1.30 bits per heavy atom. The molecule has 1 amide bonds. The normalized spacial score (nSPS) is 26.0. The van der Waals surface area contributed by atoms with Crippen molar-refractivity contribution in [3.63, 3.8) is 0 Å². The minimum atomic E-state index is -0.134. The zero-order chi connectivity index (χ0) is 16.4. The molecule has 0 spiro atoms. The van der Waals surface area contributed by atoms with Gasteiger partial charge in [0.1, 0.15) is 5.82 Å². The largest absolute Gasteiger partial charge is 0.352 e. The van der Waals surface area contributed by atoms with Crippen molar-refractivity contribution in [1.82, 2.24) is 20.1 Å². The molecule has 3 atom stereocenters. The molecule has 0 radical (unpaired) electrons. The smallest absolute Gasteiger partial charge is 0.233 e. The van der Waals surface area contributed by atoms with Crippen molar-refractivity contribution in [2.75, 3.05) is 0 Å². The first-order valence-corrected chi connectivity index (χ1v) is 9.88. The van der Waals surface area contributed by atoms with Gasteiger partial charge in [0.2, 0.25) is 5.91 Å². The number of thioether (sulfide) groups is 1. The lowest BCUT2D eigenvalue weighted by Crippen LogP contribution is -2.44. The van der Waals surface area contributed by atoms with Gasteiger partial charge in [-0.1, -0.05) is 31.5 Å². The van der Waals surface area contributed by atoms with Crippen LogP contribution in [0.25, 0.3) is 0 Å². The van der Waals surface area contributed by atoms with Gasteiger partial charge in [0.15, 0.2) is 5.16 Å². The maximum atomic E-state index is 12.5. The standard InChI is InChI=1S/C17H28N4OS/c1-4-21-15(13-9-10-13)19-20-17(21)23-12(3)16(22)18-14-8-6-5-7-11(14)2/h11-14H,4-10H2,1-3H3,(H,18,22)/t11-,12+,14-/m0/s1.